The normalized spacial score (nSPS) is 22.5. The third kappa shape index (κ3) is 8.47. The molecular formula is C41H62N4O7. The van der Waals surface area contributed by atoms with Crippen molar-refractivity contribution in [3.05, 3.63) is 45.5 Å². The minimum absolute atomic E-state index is 0.0139. The van der Waals surface area contributed by atoms with E-state index in [2.05, 4.69) is 22.9 Å². The first-order valence-electron chi connectivity index (χ1n) is 19.6. The quantitative estimate of drug-likeness (QED) is 0.103. The molecule has 5 rings (SSSR count). The van der Waals surface area contributed by atoms with Gasteiger partial charge in [-0.2, -0.15) is 0 Å². The summed E-state index contributed by atoms with van der Waals surface area (Å²) < 4.78 is 11.2. The summed E-state index contributed by atoms with van der Waals surface area (Å²) in [7, 11) is 3.05. The van der Waals surface area contributed by atoms with Gasteiger partial charge in [-0.3, -0.25) is 14.5 Å². The van der Waals surface area contributed by atoms with Gasteiger partial charge in [0.05, 0.1) is 32.3 Å². The molecule has 0 unspecified atom stereocenters. The van der Waals surface area contributed by atoms with Crippen molar-refractivity contribution >= 4 is 11.8 Å². The Labute approximate surface area is 309 Å². The third-order valence-corrected chi connectivity index (χ3v) is 11.5. The summed E-state index contributed by atoms with van der Waals surface area (Å²) in [4.78, 5) is 28.2. The third-order valence-electron chi connectivity index (χ3n) is 11.5. The number of phenolic OH excluding ortho intramolecular Hbond substituents is 2. The number of carbonyl (C=O) groups excluding carboxylic acids is 2. The number of ether oxygens (including phenoxy) is 2. The van der Waals surface area contributed by atoms with Crippen molar-refractivity contribution in [3.63, 3.8) is 0 Å². The maximum Gasteiger partial charge on any atom is 0.242 e. The maximum absolute atomic E-state index is 13.4. The second-order valence-corrected chi connectivity index (χ2v) is 15.2. The number of aliphatic hydroxyl groups excluding tert-OH is 1. The molecule has 0 aliphatic carbocycles. The first-order valence-corrected chi connectivity index (χ1v) is 19.6. The molecule has 2 bridgehead atoms. The minimum atomic E-state index is -0.955. The molecule has 0 radical (unpaired) electrons. The van der Waals surface area contributed by atoms with Gasteiger partial charge in [-0.1, -0.05) is 83.3 Å². The molecule has 6 N–H and O–H groups in total. The molecule has 6 atom stereocenters. The molecule has 0 spiro atoms. The molecule has 3 aliphatic rings. The van der Waals surface area contributed by atoms with Gasteiger partial charge in [0.2, 0.25) is 11.8 Å². The molecule has 0 aromatic heterocycles. The SMILES string of the molecule is CCCCCCCCCCCCCC(=O)N[C@@H](C)C(=O)NC[C@H]1c2c(cc(C)c(OC)c2O)C[C@H]2[C@H]3N[C@H](Cc4cc(C)c(OC)c(O)c43)[C@H](O)N12. The first kappa shape index (κ1) is 39.7. The van der Waals surface area contributed by atoms with E-state index in [0.29, 0.717) is 36.3 Å². The van der Waals surface area contributed by atoms with Crippen LogP contribution in [0.15, 0.2) is 12.1 Å². The zero-order chi connectivity index (χ0) is 37.5. The number of aryl methyl sites for hydroxylation is 2. The van der Waals surface area contributed by atoms with Crippen LogP contribution in [0.2, 0.25) is 0 Å². The van der Waals surface area contributed by atoms with Crippen molar-refractivity contribution in [3.8, 4) is 23.0 Å². The van der Waals surface area contributed by atoms with E-state index < -0.39 is 18.3 Å². The van der Waals surface area contributed by atoms with E-state index in [4.69, 9.17) is 9.47 Å². The van der Waals surface area contributed by atoms with Gasteiger partial charge in [-0.05, 0) is 62.3 Å². The Morgan fingerprint density at radius 1 is 0.865 bits per heavy atom. The van der Waals surface area contributed by atoms with Crippen LogP contribution < -0.4 is 25.4 Å². The van der Waals surface area contributed by atoms with Crippen LogP contribution in [-0.2, 0) is 22.4 Å². The molecule has 11 heteroatoms. The Morgan fingerprint density at radius 3 is 1.98 bits per heavy atom. The molecule has 0 saturated carbocycles. The number of nitrogens with one attached hydrogen (secondary N) is 3. The van der Waals surface area contributed by atoms with Crippen molar-refractivity contribution in [2.24, 2.45) is 0 Å². The Morgan fingerprint density at radius 2 is 1.40 bits per heavy atom. The number of amides is 2. The van der Waals surface area contributed by atoms with Crippen LogP contribution in [-0.4, -0.2) is 77.2 Å². The number of fused-ring (bicyclic) bond motifs is 7. The predicted octanol–water partition coefficient (Wildman–Crippen LogP) is 5.91. The van der Waals surface area contributed by atoms with Crippen LogP contribution in [0.25, 0.3) is 0 Å². The Kier molecular flexibility index (Phi) is 13.7. The summed E-state index contributed by atoms with van der Waals surface area (Å²) in [5.74, 6) is 0.363. The van der Waals surface area contributed by atoms with Gasteiger partial charge in [-0.15, -0.1) is 0 Å². The van der Waals surface area contributed by atoms with E-state index in [1.54, 1.807) is 14.0 Å². The van der Waals surface area contributed by atoms with Crippen LogP contribution in [0.4, 0.5) is 0 Å². The fraction of sp³-hybridized carbons (Fsp3) is 0.659. The van der Waals surface area contributed by atoms with Crippen LogP contribution in [0.1, 0.15) is 136 Å². The number of aliphatic hydroxyl groups is 1. The number of nitrogens with zero attached hydrogens (tertiary/aromatic N) is 1. The average molecular weight is 723 g/mol. The Balaban J connectivity index is 1.25. The number of hydrogen-bond acceptors (Lipinski definition) is 9. The molecular weight excluding hydrogens is 660 g/mol. The summed E-state index contributed by atoms with van der Waals surface area (Å²) in [6, 6.07) is 1.61. The number of aromatic hydroxyl groups is 2. The fourth-order valence-corrected chi connectivity index (χ4v) is 8.88. The number of rotatable bonds is 18. The van der Waals surface area contributed by atoms with Crippen molar-refractivity contribution in [1.29, 1.82) is 0 Å². The lowest BCUT2D eigenvalue weighted by molar-refractivity contribution is -0.133. The van der Waals surface area contributed by atoms with Crippen LogP contribution in [0.5, 0.6) is 23.0 Å². The number of unbranched alkanes of at least 4 members (excludes halogenated alkanes) is 10. The monoisotopic (exact) mass is 722 g/mol. The van der Waals surface area contributed by atoms with Gasteiger partial charge in [-0.25, -0.2) is 0 Å². The predicted molar refractivity (Wildman–Crippen MR) is 202 cm³/mol. The van der Waals surface area contributed by atoms with Crippen molar-refractivity contribution in [2.45, 2.75) is 154 Å². The molecule has 52 heavy (non-hydrogen) atoms. The maximum atomic E-state index is 13.4. The number of hydrogen-bond donors (Lipinski definition) is 6. The second kappa shape index (κ2) is 18.0. The smallest absolute Gasteiger partial charge is 0.242 e. The average Bonchev–Trinajstić information content (AvgIpc) is 3.11. The molecule has 2 aromatic carbocycles. The lowest BCUT2D eigenvalue weighted by Gasteiger charge is -2.56. The molecule has 11 nitrogen and oxygen atoms in total. The lowest BCUT2D eigenvalue weighted by Crippen LogP contribution is -2.69. The van der Waals surface area contributed by atoms with E-state index >= 15 is 0 Å². The number of benzene rings is 2. The van der Waals surface area contributed by atoms with Crippen LogP contribution in [0, 0.1) is 13.8 Å². The van der Waals surface area contributed by atoms with E-state index in [1.807, 2.05) is 30.9 Å². The highest BCUT2D eigenvalue weighted by Crippen LogP contribution is 2.52. The molecule has 2 amide bonds. The van der Waals surface area contributed by atoms with Gasteiger partial charge in [0.25, 0.3) is 0 Å². The highest BCUT2D eigenvalue weighted by molar-refractivity contribution is 5.87. The molecule has 2 aromatic rings. The minimum Gasteiger partial charge on any atom is -0.504 e. The summed E-state index contributed by atoms with van der Waals surface area (Å²) >= 11 is 0. The standard InChI is InChI=1S/C41H62N4O7/c1-7-8-9-10-11-12-13-14-15-16-17-18-32(46)43-26(4)40(49)42-23-31-33-28(20-25(3)38(51-5)36(33)47)22-30-35-34-27(19-24(2)39(52-6)37(34)48)21-29(44-35)41(50)45(30)31/h19-20,26,29-31,35,41,44,47-48,50H,7-18,21-23H2,1-6H3,(H,42,49)(H,43,46)/t26-,29+,30-,31-,35+,41-/m0/s1. The van der Waals surface area contributed by atoms with E-state index in [0.717, 1.165) is 47.1 Å². The van der Waals surface area contributed by atoms with Gasteiger partial charge in [0.15, 0.2) is 23.0 Å². The van der Waals surface area contributed by atoms with Gasteiger partial charge in [0.1, 0.15) is 12.3 Å². The van der Waals surface area contributed by atoms with Gasteiger partial charge < -0.3 is 40.7 Å². The van der Waals surface area contributed by atoms with E-state index in [9.17, 15) is 24.9 Å². The molecule has 3 heterocycles. The number of carbonyl (C=O) groups is 2. The number of methoxy groups -OCH3 is 2. The topological polar surface area (TPSA) is 153 Å². The van der Waals surface area contributed by atoms with Crippen LogP contribution >= 0.6 is 0 Å². The Bertz CT molecular complexity index is 1560. The summed E-state index contributed by atoms with van der Waals surface area (Å²) in [5, 5.41) is 44.4. The number of piperazine rings is 1. The Hall–Kier alpha value is -3.54. The van der Waals surface area contributed by atoms with E-state index in [1.165, 1.54) is 58.5 Å². The fourth-order valence-electron chi connectivity index (χ4n) is 8.88. The molecule has 288 valence electrons. The zero-order valence-corrected chi connectivity index (χ0v) is 32.1. The first-order chi connectivity index (χ1) is 25.0. The summed E-state index contributed by atoms with van der Waals surface area (Å²) in [5.41, 5.74) is 4.78. The summed E-state index contributed by atoms with van der Waals surface area (Å²) in [6.07, 6.45) is 13.6. The molecule has 1 saturated heterocycles. The number of phenols is 2. The summed E-state index contributed by atoms with van der Waals surface area (Å²) in [6.45, 7) is 7.77. The largest absolute Gasteiger partial charge is 0.504 e. The second-order valence-electron chi connectivity index (χ2n) is 15.2. The molecule has 3 aliphatic heterocycles. The van der Waals surface area contributed by atoms with E-state index in [-0.39, 0.29) is 48.0 Å². The highest BCUT2D eigenvalue weighted by Gasteiger charge is 2.53. The highest BCUT2D eigenvalue weighted by atomic mass is 16.5. The zero-order valence-electron chi connectivity index (χ0n) is 32.1. The van der Waals surface area contributed by atoms with Gasteiger partial charge >= 0.3 is 0 Å². The van der Waals surface area contributed by atoms with Crippen LogP contribution in [0.3, 0.4) is 0 Å². The lowest BCUT2D eigenvalue weighted by atomic mass is 9.74. The van der Waals surface area contributed by atoms with Crippen molar-refractivity contribution in [1.82, 2.24) is 20.9 Å². The van der Waals surface area contributed by atoms with Crippen molar-refractivity contribution in [2.75, 3.05) is 20.8 Å². The van der Waals surface area contributed by atoms with Crippen molar-refractivity contribution < 1.29 is 34.4 Å². The molecule has 1 fully saturated rings. The van der Waals surface area contributed by atoms with Gasteiger partial charge in [0, 0.05) is 30.1 Å².